The van der Waals surface area contributed by atoms with Crippen molar-refractivity contribution in [2.45, 2.75) is 39.5 Å². The fraction of sp³-hybridized carbons (Fsp3) is 0.500. The van der Waals surface area contributed by atoms with Crippen LogP contribution < -0.4 is 0 Å². The Kier molecular flexibility index (Phi) is 2.47. The lowest BCUT2D eigenvalue weighted by Crippen LogP contribution is -1.98. The second-order valence-electron chi connectivity index (χ2n) is 4.44. The van der Waals surface area contributed by atoms with Gasteiger partial charge in [-0.3, -0.25) is 4.98 Å². The van der Waals surface area contributed by atoms with Crippen molar-refractivity contribution in [3.8, 4) is 0 Å². The van der Waals surface area contributed by atoms with Crippen molar-refractivity contribution in [2.24, 2.45) is 0 Å². The zero-order valence-corrected chi connectivity index (χ0v) is 9.61. The number of pyridine rings is 1. The summed E-state index contributed by atoms with van der Waals surface area (Å²) in [5, 5.41) is 0. The lowest BCUT2D eigenvalue weighted by Gasteiger charge is -2.09. The van der Waals surface area contributed by atoms with E-state index in [1.54, 1.807) is 0 Å². The van der Waals surface area contributed by atoms with Crippen LogP contribution >= 0.6 is 0 Å². The lowest BCUT2D eigenvalue weighted by atomic mass is 10.0. The van der Waals surface area contributed by atoms with Gasteiger partial charge in [-0.1, -0.05) is 27.7 Å². The zero-order chi connectivity index (χ0) is 11.0. The van der Waals surface area contributed by atoms with Gasteiger partial charge in [-0.05, 0) is 11.8 Å². The molecule has 15 heavy (non-hydrogen) atoms. The van der Waals surface area contributed by atoms with Crippen LogP contribution in [-0.4, -0.2) is 9.97 Å². The smallest absolute Gasteiger partial charge is 0.182 e. The minimum Gasteiger partial charge on any atom is -0.443 e. The van der Waals surface area contributed by atoms with E-state index in [-0.39, 0.29) is 0 Å². The van der Waals surface area contributed by atoms with E-state index < -0.39 is 0 Å². The SMILES string of the molecule is CC(C)c1ncc(C(C)C)c2ocnc12. The minimum absolute atomic E-state index is 0.374. The second-order valence-corrected chi connectivity index (χ2v) is 4.44. The van der Waals surface area contributed by atoms with Crippen LogP contribution in [0.15, 0.2) is 17.0 Å². The number of rotatable bonds is 2. The molecule has 0 aliphatic carbocycles. The highest BCUT2D eigenvalue weighted by atomic mass is 16.3. The molecule has 0 spiro atoms. The van der Waals surface area contributed by atoms with Crippen LogP contribution in [0.5, 0.6) is 0 Å². The lowest BCUT2D eigenvalue weighted by molar-refractivity contribution is 0.594. The third kappa shape index (κ3) is 1.62. The molecule has 2 aromatic rings. The molecule has 0 unspecified atom stereocenters. The molecule has 0 amide bonds. The average molecular weight is 204 g/mol. The van der Waals surface area contributed by atoms with Gasteiger partial charge in [-0.15, -0.1) is 0 Å². The second kappa shape index (κ2) is 3.65. The van der Waals surface area contributed by atoms with E-state index >= 15 is 0 Å². The predicted molar refractivity (Wildman–Crippen MR) is 60.0 cm³/mol. The van der Waals surface area contributed by atoms with Crippen LogP contribution in [0.1, 0.15) is 50.8 Å². The summed E-state index contributed by atoms with van der Waals surface area (Å²) in [5.41, 5.74) is 3.95. The van der Waals surface area contributed by atoms with E-state index in [1.807, 2.05) is 6.20 Å². The molecule has 2 aromatic heterocycles. The molecule has 0 fully saturated rings. The van der Waals surface area contributed by atoms with Gasteiger partial charge in [0.1, 0.15) is 5.52 Å². The number of fused-ring (bicyclic) bond motifs is 1. The maximum Gasteiger partial charge on any atom is 0.182 e. The highest BCUT2D eigenvalue weighted by Crippen LogP contribution is 2.28. The van der Waals surface area contributed by atoms with E-state index in [1.165, 1.54) is 6.39 Å². The maximum absolute atomic E-state index is 5.45. The molecule has 80 valence electrons. The van der Waals surface area contributed by atoms with Gasteiger partial charge in [0.25, 0.3) is 0 Å². The summed E-state index contributed by atoms with van der Waals surface area (Å²) in [6.45, 7) is 8.50. The Labute approximate surface area is 89.5 Å². The highest BCUT2D eigenvalue weighted by molar-refractivity contribution is 5.78. The number of aromatic nitrogens is 2. The first-order chi connectivity index (χ1) is 7.11. The standard InChI is InChI=1S/C12H16N2O/c1-7(2)9-5-13-10(8(3)4)11-12(9)15-6-14-11/h5-8H,1-4H3. The summed E-state index contributed by atoms with van der Waals surface area (Å²) < 4.78 is 5.45. The molecule has 2 rings (SSSR count). The van der Waals surface area contributed by atoms with Crippen LogP contribution in [0.4, 0.5) is 0 Å². The van der Waals surface area contributed by atoms with Crippen molar-refractivity contribution < 1.29 is 4.42 Å². The van der Waals surface area contributed by atoms with Crippen LogP contribution in [0.2, 0.25) is 0 Å². The molecular formula is C12H16N2O. The number of nitrogens with zero attached hydrogens (tertiary/aromatic N) is 2. The first-order valence-corrected chi connectivity index (χ1v) is 5.33. The first kappa shape index (κ1) is 10.1. The monoisotopic (exact) mass is 204 g/mol. The summed E-state index contributed by atoms with van der Waals surface area (Å²) in [5.74, 6) is 0.785. The normalized spacial score (nSPS) is 11.9. The summed E-state index contributed by atoms with van der Waals surface area (Å²) in [6.07, 6.45) is 3.41. The molecule has 0 aromatic carbocycles. The van der Waals surface area contributed by atoms with Crippen molar-refractivity contribution in [3.05, 3.63) is 23.8 Å². The molecule has 0 saturated heterocycles. The Bertz CT molecular complexity index is 429. The largest absolute Gasteiger partial charge is 0.443 e. The molecule has 3 heteroatoms. The van der Waals surface area contributed by atoms with Gasteiger partial charge in [-0.25, -0.2) is 4.98 Å². The number of hydrogen-bond donors (Lipinski definition) is 0. The molecule has 2 heterocycles. The molecule has 0 aliphatic heterocycles. The van der Waals surface area contributed by atoms with Crippen LogP contribution in [0.25, 0.3) is 11.1 Å². The van der Waals surface area contributed by atoms with Crippen molar-refractivity contribution >= 4 is 11.1 Å². The van der Waals surface area contributed by atoms with E-state index in [4.69, 9.17) is 4.42 Å². The van der Waals surface area contributed by atoms with Gasteiger partial charge in [0.2, 0.25) is 0 Å². The van der Waals surface area contributed by atoms with Crippen molar-refractivity contribution in [3.63, 3.8) is 0 Å². The van der Waals surface area contributed by atoms with Crippen molar-refractivity contribution in [1.82, 2.24) is 9.97 Å². The summed E-state index contributed by atoms with van der Waals surface area (Å²) in [4.78, 5) is 8.73. The minimum atomic E-state index is 0.374. The van der Waals surface area contributed by atoms with Crippen LogP contribution in [0, 0.1) is 0 Å². The Hall–Kier alpha value is -1.38. The third-order valence-electron chi connectivity index (χ3n) is 2.58. The third-order valence-corrected chi connectivity index (χ3v) is 2.58. The Balaban J connectivity index is 2.71. The molecule has 0 N–H and O–H groups in total. The number of hydrogen-bond acceptors (Lipinski definition) is 3. The summed E-state index contributed by atoms with van der Waals surface area (Å²) in [7, 11) is 0. The molecule has 0 bridgehead atoms. The molecule has 0 radical (unpaired) electrons. The number of oxazole rings is 1. The van der Waals surface area contributed by atoms with Gasteiger partial charge < -0.3 is 4.42 Å². The fourth-order valence-electron chi connectivity index (χ4n) is 1.73. The summed E-state index contributed by atoms with van der Waals surface area (Å²) in [6, 6.07) is 0. The van der Waals surface area contributed by atoms with Gasteiger partial charge in [-0.2, -0.15) is 0 Å². The average Bonchev–Trinajstić information content (AvgIpc) is 2.63. The first-order valence-electron chi connectivity index (χ1n) is 5.33. The van der Waals surface area contributed by atoms with E-state index in [0.717, 1.165) is 22.4 Å². The summed E-state index contributed by atoms with van der Waals surface area (Å²) >= 11 is 0. The fourth-order valence-corrected chi connectivity index (χ4v) is 1.73. The Morgan fingerprint density at radius 2 is 1.80 bits per heavy atom. The Morgan fingerprint density at radius 3 is 2.40 bits per heavy atom. The molecule has 0 atom stereocenters. The van der Waals surface area contributed by atoms with Crippen molar-refractivity contribution in [2.75, 3.05) is 0 Å². The molecule has 3 nitrogen and oxygen atoms in total. The zero-order valence-electron chi connectivity index (χ0n) is 9.61. The predicted octanol–water partition coefficient (Wildman–Crippen LogP) is 3.47. The van der Waals surface area contributed by atoms with Gasteiger partial charge in [0.05, 0.1) is 5.69 Å². The van der Waals surface area contributed by atoms with Gasteiger partial charge in [0.15, 0.2) is 12.0 Å². The maximum atomic E-state index is 5.45. The molecule has 0 saturated carbocycles. The quantitative estimate of drug-likeness (QED) is 0.751. The van der Waals surface area contributed by atoms with Crippen LogP contribution in [0.3, 0.4) is 0 Å². The van der Waals surface area contributed by atoms with E-state index in [9.17, 15) is 0 Å². The van der Waals surface area contributed by atoms with Crippen molar-refractivity contribution in [1.29, 1.82) is 0 Å². The van der Waals surface area contributed by atoms with Gasteiger partial charge >= 0.3 is 0 Å². The molecular weight excluding hydrogens is 188 g/mol. The highest BCUT2D eigenvalue weighted by Gasteiger charge is 2.15. The topological polar surface area (TPSA) is 38.9 Å². The van der Waals surface area contributed by atoms with E-state index in [2.05, 4.69) is 37.7 Å². The van der Waals surface area contributed by atoms with E-state index in [0.29, 0.717) is 11.8 Å². The Morgan fingerprint density at radius 1 is 1.07 bits per heavy atom. The van der Waals surface area contributed by atoms with Crippen LogP contribution in [-0.2, 0) is 0 Å². The molecule has 0 aliphatic rings. The van der Waals surface area contributed by atoms with Gasteiger partial charge in [0, 0.05) is 11.8 Å².